The summed E-state index contributed by atoms with van der Waals surface area (Å²) in [5, 5.41) is 26.3. The van der Waals surface area contributed by atoms with Crippen LogP contribution in [0, 0.1) is 0 Å². The fourth-order valence-corrected chi connectivity index (χ4v) is 1.07. The molecule has 0 aromatic heterocycles. The monoisotopic (exact) mass is 227 g/mol. The maximum atomic E-state index is 10.7. The molecule has 0 bridgehead atoms. The van der Waals surface area contributed by atoms with Crippen molar-refractivity contribution in [1.29, 1.82) is 0 Å². The Morgan fingerprint density at radius 3 is 2.69 bits per heavy atom. The Morgan fingerprint density at radius 1 is 1.50 bits per heavy atom. The van der Waals surface area contributed by atoms with Crippen molar-refractivity contribution < 1.29 is 24.9 Å². The summed E-state index contributed by atoms with van der Waals surface area (Å²) in [4.78, 5) is 10.7. The number of carboxylic acid groups (broad SMARTS) is 1. The summed E-state index contributed by atoms with van der Waals surface area (Å²) in [5.74, 6) is -0.769. The number of hydrogen-bond donors (Lipinski definition) is 4. The van der Waals surface area contributed by atoms with Gasteiger partial charge in [-0.1, -0.05) is 0 Å². The van der Waals surface area contributed by atoms with E-state index in [2.05, 4.69) is 0 Å². The van der Waals surface area contributed by atoms with Crippen molar-refractivity contribution in [2.45, 2.75) is 6.10 Å². The number of anilines is 1. The highest BCUT2D eigenvalue weighted by Gasteiger charge is 2.09. The molecule has 1 aromatic carbocycles. The molecule has 0 saturated heterocycles. The number of rotatable bonds is 5. The van der Waals surface area contributed by atoms with Crippen LogP contribution in [-0.2, 0) is 0 Å². The first-order chi connectivity index (χ1) is 7.54. The van der Waals surface area contributed by atoms with E-state index in [9.17, 15) is 4.79 Å². The molecular weight excluding hydrogens is 214 g/mol. The van der Waals surface area contributed by atoms with Crippen LogP contribution in [0.1, 0.15) is 10.4 Å². The topological polar surface area (TPSA) is 113 Å². The minimum Gasteiger partial charge on any atom is -0.491 e. The van der Waals surface area contributed by atoms with E-state index < -0.39 is 18.7 Å². The lowest BCUT2D eigenvalue weighted by Gasteiger charge is -2.10. The lowest BCUT2D eigenvalue weighted by atomic mass is 10.2. The molecule has 0 fully saturated rings. The second kappa shape index (κ2) is 5.34. The van der Waals surface area contributed by atoms with Crippen molar-refractivity contribution in [3.8, 4) is 5.75 Å². The number of aliphatic hydroxyl groups excluding tert-OH is 2. The molecule has 5 N–H and O–H groups in total. The Kier molecular flexibility index (Phi) is 4.10. The van der Waals surface area contributed by atoms with E-state index in [1.807, 2.05) is 0 Å². The van der Waals surface area contributed by atoms with Crippen molar-refractivity contribution in [2.75, 3.05) is 18.9 Å². The van der Waals surface area contributed by atoms with Gasteiger partial charge in [-0.25, -0.2) is 4.79 Å². The molecule has 0 aliphatic carbocycles. The van der Waals surface area contributed by atoms with Crippen LogP contribution in [-0.4, -0.2) is 40.6 Å². The molecule has 6 heteroatoms. The standard InChI is InChI=1S/C10H13NO5/c11-9-3-7(16-5-6(13)4-12)1-2-8(9)10(14)15/h1-3,6,12-13H,4-5,11H2,(H,14,15). The molecule has 6 nitrogen and oxygen atoms in total. The number of hydrogen-bond acceptors (Lipinski definition) is 5. The van der Waals surface area contributed by atoms with Crippen LogP contribution in [0.5, 0.6) is 5.75 Å². The van der Waals surface area contributed by atoms with E-state index in [1.54, 1.807) is 0 Å². The maximum absolute atomic E-state index is 10.7. The van der Waals surface area contributed by atoms with Gasteiger partial charge in [-0.15, -0.1) is 0 Å². The van der Waals surface area contributed by atoms with Crippen LogP contribution in [0.25, 0.3) is 0 Å². The maximum Gasteiger partial charge on any atom is 0.337 e. The molecule has 16 heavy (non-hydrogen) atoms. The van der Waals surface area contributed by atoms with E-state index in [1.165, 1.54) is 18.2 Å². The van der Waals surface area contributed by atoms with E-state index in [0.717, 1.165) is 0 Å². The Morgan fingerprint density at radius 2 is 2.19 bits per heavy atom. The van der Waals surface area contributed by atoms with Gasteiger partial charge in [0.05, 0.1) is 12.2 Å². The molecule has 1 unspecified atom stereocenters. The van der Waals surface area contributed by atoms with Crippen molar-refractivity contribution in [3.63, 3.8) is 0 Å². The molecule has 0 radical (unpaired) electrons. The van der Waals surface area contributed by atoms with Crippen LogP contribution in [0.3, 0.4) is 0 Å². The van der Waals surface area contributed by atoms with E-state index >= 15 is 0 Å². The van der Waals surface area contributed by atoms with Crippen LogP contribution in [0.15, 0.2) is 18.2 Å². The lowest BCUT2D eigenvalue weighted by molar-refractivity contribution is 0.0536. The number of carboxylic acids is 1. The molecule has 1 rings (SSSR count). The quantitative estimate of drug-likeness (QED) is 0.513. The largest absolute Gasteiger partial charge is 0.491 e. The summed E-state index contributed by atoms with van der Waals surface area (Å²) < 4.78 is 5.09. The van der Waals surface area contributed by atoms with Crippen LogP contribution < -0.4 is 10.5 Å². The predicted octanol–water partition coefficient (Wildman–Crippen LogP) is -0.301. The highest BCUT2D eigenvalue weighted by Crippen LogP contribution is 2.19. The third kappa shape index (κ3) is 3.11. The van der Waals surface area contributed by atoms with Crippen molar-refractivity contribution in [3.05, 3.63) is 23.8 Å². The molecule has 88 valence electrons. The Balaban J connectivity index is 2.70. The van der Waals surface area contributed by atoms with Gasteiger partial charge in [0, 0.05) is 11.8 Å². The Labute approximate surface area is 91.9 Å². The zero-order valence-electron chi connectivity index (χ0n) is 8.46. The molecule has 0 spiro atoms. The first-order valence-corrected chi connectivity index (χ1v) is 4.59. The number of aromatic carboxylic acids is 1. The van der Waals surface area contributed by atoms with Crippen LogP contribution in [0.2, 0.25) is 0 Å². The average molecular weight is 227 g/mol. The minimum atomic E-state index is -1.11. The number of nitrogens with two attached hydrogens (primary N) is 1. The third-order valence-electron chi connectivity index (χ3n) is 1.91. The fraction of sp³-hybridized carbons (Fsp3) is 0.300. The van der Waals surface area contributed by atoms with E-state index in [-0.39, 0.29) is 17.9 Å². The van der Waals surface area contributed by atoms with Gasteiger partial charge >= 0.3 is 5.97 Å². The van der Waals surface area contributed by atoms with Crippen LogP contribution >= 0.6 is 0 Å². The summed E-state index contributed by atoms with van der Waals surface area (Å²) in [5.41, 5.74) is 5.57. The summed E-state index contributed by atoms with van der Waals surface area (Å²) >= 11 is 0. The van der Waals surface area contributed by atoms with Gasteiger partial charge in [-0.05, 0) is 12.1 Å². The fourth-order valence-electron chi connectivity index (χ4n) is 1.07. The van der Waals surface area contributed by atoms with Gasteiger partial charge in [0.1, 0.15) is 18.5 Å². The Hall–Kier alpha value is -1.79. The highest BCUT2D eigenvalue weighted by atomic mass is 16.5. The molecule has 0 aliphatic rings. The van der Waals surface area contributed by atoms with Gasteiger partial charge in [-0.3, -0.25) is 0 Å². The number of ether oxygens (including phenoxy) is 1. The summed E-state index contributed by atoms with van der Waals surface area (Å²) in [6.07, 6.45) is -0.972. The summed E-state index contributed by atoms with van der Waals surface area (Å²) in [6.45, 7) is -0.481. The zero-order valence-corrected chi connectivity index (χ0v) is 8.46. The normalized spacial score (nSPS) is 12.1. The number of benzene rings is 1. The average Bonchev–Trinajstić information content (AvgIpc) is 2.25. The highest BCUT2D eigenvalue weighted by molar-refractivity contribution is 5.93. The molecule has 0 heterocycles. The molecule has 1 atom stereocenters. The summed E-state index contributed by atoms with van der Waals surface area (Å²) in [6, 6.07) is 4.11. The Bertz CT molecular complexity index is 379. The number of nitrogen functional groups attached to an aromatic ring is 1. The SMILES string of the molecule is Nc1cc(OCC(O)CO)ccc1C(=O)O. The van der Waals surface area contributed by atoms with E-state index in [4.69, 9.17) is 25.8 Å². The lowest BCUT2D eigenvalue weighted by Crippen LogP contribution is -2.21. The zero-order chi connectivity index (χ0) is 12.1. The minimum absolute atomic E-state index is 0.00458. The number of aliphatic hydroxyl groups is 2. The molecular formula is C10H13NO5. The summed E-state index contributed by atoms with van der Waals surface area (Å²) in [7, 11) is 0. The number of carbonyl (C=O) groups is 1. The van der Waals surface area contributed by atoms with Gasteiger partial charge in [0.15, 0.2) is 0 Å². The van der Waals surface area contributed by atoms with Gasteiger partial charge < -0.3 is 25.8 Å². The van der Waals surface area contributed by atoms with Gasteiger partial charge in [-0.2, -0.15) is 0 Å². The van der Waals surface area contributed by atoms with E-state index in [0.29, 0.717) is 5.75 Å². The molecule has 0 amide bonds. The first kappa shape index (κ1) is 12.3. The molecule has 0 saturated carbocycles. The van der Waals surface area contributed by atoms with Gasteiger partial charge in [0.2, 0.25) is 0 Å². The van der Waals surface area contributed by atoms with Crippen molar-refractivity contribution in [2.24, 2.45) is 0 Å². The second-order valence-electron chi connectivity index (χ2n) is 3.20. The smallest absolute Gasteiger partial charge is 0.337 e. The second-order valence-corrected chi connectivity index (χ2v) is 3.20. The van der Waals surface area contributed by atoms with Crippen LogP contribution in [0.4, 0.5) is 5.69 Å². The third-order valence-corrected chi connectivity index (χ3v) is 1.91. The molecule has 1 aromatic rings. The van der Waals surface area contributed by atoms with Gasteiger partial charge in [0.25, 0.3) is 0 Å². The first-order valence-electron chi connectivity index (χ1n) is 4.59. The van der Waals surface area contributed by atoms with Crippen molar-refractivity contribution in [1.82, 2.24) is 0 Å². The molecule has 0 aliphatic heterocycles. The van der Waals surface area contributed by atoms with Crippen molar-refractivity contribution >= 4 is 11.7 Å². The predicted molar refractivity (Wildman–Crippen MR) is 56.4 cm³/mol.